The molecule has 5 rings (SSSR count). The summed E-state index contributed by atoms with van der Waals surface area (Å²) in [7, 11) is 0. The Labute approximate surface area is 165 Å². The number of hydrogen-bond donors (Lipinski definition) is 1. The molecular formula is C24H26N4. The molecular weight excluding hydrogens is 344 g/mol. The van der Waals surface area contributed by atoms with Crippen LogP contribution in [-0.4, -0.2) is 47.6 Å². The molecule has 4 heteroatoms. The molecule has 142 valence electrons. The van der Waals surface area contributed by atoms with Crippen molar-refractivity contribution in [2.75, 3.05) is 37.6 Å². The van der Waals surface area contributed by atoms with Gasteiger partial charge in [-0.25, -0.2) is 4.98 Å². The number of rotatable bonds is 5. The van der Waals surface area contributed by atoms with E-state index in [4.69, 9.17) is 4.98 Å². The van der Waals surface area contributed by atoms with Crippen molar-refractivity contribution in [3.8, 4) is 0 Å². The fourth-order valence-corrected chi connectivity index (χ4v) is 4.26. The van der Waals surface area contributed by atoms with Crippen molar-refractivity contribution in [2.24, 2.45) is 0 Å². The Balaban J connectivity index is 1.15. The third-order valence-corrected chi connectivity index (χ3v) is 5.88. The van der Waals surface area contributed by atoms with Crippen LogP contribution in [0.1, 0.15) is 12.0 Å². The second-order valence-electron chi connectivity index (χ2n) is 7.65. The summed E-state index contributed by atoms with van der Waals surface area (Å²) in [4.78, 5) is 13.2. The summed E-state index contributed by atoms with van der Waals surface area (Å²) < 4.78 is 0. The molecule has 0 aliphatic carbocycles. The van der Waals surface area contributed by atoms with Crippen LogP contribution < -0.4 is 4.90 Å². The number of benzene rings is 2. The molecule has 0 atom stereocenters. The van der Waals surface area contributed by atoms with Gasteiger partial charge in [-0.15, -0.1) is 0 Å². The maximum absolute atomic E-state index is 4.85. The first-order valence-electron chi connectivity index (χ1n) is 10.2. The van der Waals surface area contributed by atoms with Gasteiger partial charge in [-0.05, 0) is 49.2 Å². The molecule has 1 aliphatic rings. The minimum absolute atomic E-state index is 1.05. The molecule has 1 N–H and O–H groups in total. The van der Waals surface area contributed by atoms with Crippen molar-refractivity contribution >= 4 is 27.6 Å². The molecule has 0 unspecified atom stereocenters. The van der Waals surface area contributed by atoms with Gasteiger partial charge < -0.3 is 9.88 Å². The molecule has 0 radical (unpaired) electrons. The van der Waals surface area contributed by atoms with Crippen molar-refractivity contribution in [3.05, 3.63) is 72.4 Å². The van der Waals surface area contributed by atoms with Crippen LogP contribution in [0, 0.1) is 0 Å². The number of nitrogens with one attached hydrogen (secondary N) is 1. The van der Waals surface area contributed by atoms with Gasteiger partial charge in [0.2, 0.25) is 0 Å². The molecule has 1 fully saturated rings. The highest BCUT2D eigenvalue weighted by Crippen LogP contribution is 2.21. The van der Waals surface area contributed by atoms with Gasteiger partial charge in [-0.1, -0.05) is 36.4 Å². The van der Waals surface area contributed by atoms with Crippen molar-refractivity contribution in [3.63, 3.8) is 0 Å². The number of para-hydroxylation sites is 2. The lowest BCUT2D eigenvalue weighted by Crippen LogP contribution is -2.47. The van der Waals surface area contributed by atoms with E-state index in [9.17, 15) is 0 Å². The van der Waals surface area contributed by atoms with Gasteiger partial charge in [0.15, 0.2) is 0 Å². The van der Waals surface area contributed by atoms with Gasteiger partial charge in [0.05, 0.1) is 5.52 Å². The molecule has 3 heterocycles. The van der Waals surface area contributed by atoms with Crippen molar-refractivity contribution < 1.29 is 0 Å². The highest BCUT2D eigenvalue weighted by Gasteiger charge is 2.18. The van der Waals surface area contributed by atoms with Crippen LogP contribution >= 0.6 is 0 Å². The summed E-state index contributed by atoms with van der Waals surface area (Å²) in [5, 5.41) is 2.58. The van der Waals surface area contributed by atoms with Crippen LogP contribution in [0.15, 0.2) is 66.9 Å². The number of hydrogen-bond acceptors (Lipinski definition) is 3. The normalized spacial score (nSPS) is 15.5. The number of anilines is 1. The van der Waals surface area contributed by atoms with E-state index in [-0.39, 0.29) is 0 Å². The lowest BCUT2D eigenvalue weighted by molar-refractivity contribution is 0.254. The smallest absolute Gasteiger partial charge is 0.129 e. The highest BCUT2D eigenvalue weighted by molar-refractivity contribution is 5.83. The van der Waals surface area contributed by atoms with E-state index in [1.165, 1.54) is 34.8 Å². The van der Waals surface area contributed by atoms with Crippen molar-refractivity contribution in [1.82, 2.24) is 14.9 Å². The molecule has 28 heavy (non-hydrogen) atoms. The number of piperazine rings is 1. The summed E-state index contributed by atoms with van der Waals surface area (Å²) in [6.07, 6.45) is 4.51. The maximum atomic E-state index is 4.85. The summed E-state index contributed by atoms with van der Waals surface area (Å²) in [6, 6.07) is 21.3. The zero-order valence-corrected chi connectivity index (χ0v) is 16.1. The van der Waals surface area contributed by atoms with E-state index in [1.807, 2.05) is 0 Å². The summed E-state index contributed by atoms with van der Waals surface area (Å²) >= 11 is 0. The minimum atomic E-state index is 1.05. The van der Waals surface area contributed by atoms with Gasteiger partial charge in [0.25, 0.3) is 0 Å². The van der Waals surface area contributed by atoms with Crippen molar-refractivity contribution in [1.29, 1.82) is 0 Å². The maximum Gasteiger partial charge on any atom is 0.129 e. The average Bonchev–Trinajstić information content (AvgIpc) is 3.17. The third kappa shape index (κ3) is 3.48. The number of nitrogens with zero attached hydrogens (tertiary/aromatic N) is 3. The molecule has 0 bridgehead atoms. The van der Waals surface area contributed by atoms with E-state index in [2.05, 4.69) is 81.6 Å². The molecule has 0 spiro atoms. The molecule has 0 saturated carbocycles. The molecule has 0 amide bonds. The predicted octanol–water partition coefficient (Wildman–Crippen LogP) is 4.47. The minimum Gasteiger partial charge on any atom is -0.361 e. The van der Waals surface area contributed by atoms with Crippen LogP contribution in [0.3, 0.4) is 0 Å². The van der Waals surface area contributed by atoms with E-state index >= 15 is 0 Å². The molecule has 1 aliphatic heterocycles. The number of pyridine rings is 1. The first kappa shape index (κ1) is 17.3. The number of fused-ring (bicyclic) bond motifs is 2. The number of aryl methyl sites for hydroxylation is 1. The summed E-state index contributed by atoms with van der Waals surface area (Å²) in [5.74, 6) is 1.11. The predicted molar refractivity (Wildman–Crippen MR) is 117 cm³/mol. The Morgan fingerprint density at radius 3 is 2.61 bits per heavy atom. The van der Waals surface area contributed by atoms with Crippen LogP contribution in [0.5, 0.6) is 0 Å². The SMILES string of the molecule is c1ccc2nc(N3CCN(CCCc4c[nH]c5ccccc45)CC3)ccc2c1. The highest BCUT2D eigenvalue weighted by atomic mass is 15.3. The standard InChI is InChI=1S/C24H26N4/c1-3-9-22-19(6-1)11-12-24(26-22)28-16-14-27(15-17-28)13-5-7-20-18-25-23-10-4-2-8-21(20)23/h1-4,6,8-12,18,25H,5,7,13-17H2. The quantitative estimate of drug-likeness (QED) is 0.563. The first-order chi connectivity index (χ1) is 13.9. The Kier molecular flexibility index (Phi) is 4.71. The fourth-order valence-electron chi connectivity index (χ4n) is 4.26. The lowest BCUT2D eigenvalue weighted by Gasteiger charge is -2.35. The van der Waals surface area contributed by atoms with Gasteiger partial charge in [0, 0.05) is 48.7 Å². The number of aromatic nitrogens is 2. The average molecular weight is 371 g/mol. The van der Waals surface area contributed by atoms with Crippen LogP contribution in [0.25, 0.3) is 21.8 Å². The number of aromatic amines is 1. The van der Waals surface area contributed by atoms with Crippen LogP contribution in [-0.2, 0) is 6.42 Å². The topological polar surface area (TPSA) is 35.2 Å². The second kappa shape index (κ2) is 7.64. The first-order valence-corrected chi connectivity index (χ1v) is 10.2. The summed E-state index contributed by atoms with van der Waals surface area (Å²) in [6.45, 7) is 5.50. The van der Waals surface area contributed by atoms with Crippen molar-refractivity contribution in [2.45, 2.75) is 12.8 Å². The van der Waals surface area contributed by atoms with Gasteiger partial charge in [-0.3, -0.25) is 4.90 Å². The Morgan fingerprint density at radius 1 is 0.857 bits per heavy atom. The largest absolute Gasteiger partial charge is 0.361 e. The molecule has 1 saturated heterocycles. The Hall–Kier alpha value is -2.85. The molecule has 4 aromatic rings. The second-order valence-corrected chi connectivity index (χ2v) is 7.65. The Bertz CT molecular complexity index is 1080. The van der Waals surface area contributed by atoms with E-state index < -0.39 is 0 Å². The third-order valence-electron chi connectivity index (χ3n) is 5.88. The lowest BCUT2D eigenvalue weighted by atomic mass is 10.1. The van der Waals surface area contributed by atoms with Gasteiger partial charge in [0.1, 0.15) is 5.82 Å². The van der Waals surface area contributed by atoms with Crippen LogP contribution in [0.4, 0.5) is 5.82 Å². The molecule has 2 aromatic carbocycles. The zero-order chi connectivity index (χ0) is 18.8. The van der Waals surface area contributed by atoms with Gasteiger partial charge >= 0.3 is 0 Å². The molecule has 4 nitrogen and oxygen atoms in total. The van der Waals surface area contributed by atoms with E-state index in [0.29, 0.717) is 0 Å². The van der Waals surface area contributed by atoms with Crippen LogP contribution in [0.2, 0.25) is 0 Å². The number of H-pyrrole nitrogens is 1. The molecule has 2 aromatic heterocycles. The zero-order valence-electron chi connectivity index (χ0n) is 16.1. The Morgan fingerprint density at radius 2 is 1.68 bits per heavy atom. The summed E-state index contributed by atoms with van der Waals surface area (Å²) in [5.41, 5.74) is 3.77. The fraction of sp³-hybridized carbons (Fsp3) is 0.292. The van der Waals surface area contributed by atoms with E-state index in [1.54, 1.807) is 0 Å². The van der Waals surface area contributed by atoms with E-state index in [0.717, 1.165) is 43.9 Å². The van der Waals surface area contributed by atoms with Gasteiger partial charge in [-0.2, -0.15) is 0 Å². The monoisotopic (exact) mass is 370 g/mol.